The van der Waals surface area contributed by atoms with Gasteiger partial charge < -0.3 is 0 Å². The van der Waals surface area contributed by atoms with Gasteiger partial charge in [-0.2, -0.15) is 10.4 Å². The fraction of sp³-hybridized carbons (Fsp3) is 0.250. The molecule has 2 rings (SSSR count). The molecule has 1 aromatic heterocycles. The number of hydrogen-bond acceptors (Lipinski definition) is 4. The van der Waals surface area contributed by atoms with Crippen LogP contribution in [0.15, 0.2) is 23.1 Å². The topological polar surface area (TPSA) is 54.5 Å². The SMILES string of the molecule is CSc1cccc(-n2nc(C)nc2C)c1C#N. The predicted octanol–water partition coefficient (Wildman–Crippen LogP) is 2.48. The van der Waals surface area contributed by atoms with Crippen LogP contribution >= 0.6 is 11.8 Å². The van der Waals surface area contributed by atoms with Gasteiger partial charge in [-0.15, -0.1) is 11.8 Å². The maximum Gasteiger partial charge on any atom is 0.148 e. The molecule has 0 fully saturated rings. The Kier molecular flexibility index (Phi) is 3.16. The van der Waals surface area contributed by atoms with E-state index in [4.69, 9.17) is 0 Å². The molecule has 0 saturated carbocycles. The van der Waals surface area contributed by atoms with E-state index >= 15 is 0 Å². The third kappa shape index (κ3) is 2.04. The van der Waals surface area contributed by atoms with E-state index < -0.39 is 0 Å². The van der Waals surface area contributed by atoms with Crippen molar-refractivity contribution in [2.75, 3.05) is 6.26 Å². The highest BCUT2D eigenvalue weighted by molar-refractivity contribution is 7.98. The monoisotopic (exact) mass is 244 g/mol. The first-order valence-corrected chi connectivity index (χ1v) is 6.37. The molecule has 0 N–H and O–H groups in total. The molecule has 0 amide bonds. The van der Waals surface area contributed by atoms with Gasteiger partial charge in [0.05, 0.1) is 11.3 Å². The van der Waals surface area contributed by atoms with Crippen molar-refractivity contribution in [3.05, 3.63) is 35.4 Å². The third-order valence-electron chi connectivity index (χ3n) is 2.44. The minimum atomic E-state index is 0.646. The van der Waals surface area contributed by atoms with Gasteiger partial charge in [0.15, 0.2) is 0 Å². The summed E-state index contributed by atoms with van der Waals surface area (Å²) >= 11 is 1.56. The largest absolute Gasteiger partial charge is 0.217 e. The molecule has 0 radical (unpaired) electrons. The summed E-state index contributed by atoms with van der Waals surface area (Å²) in [5.41, 5.74) is 1.44. The van der Waals surface area contributed by atoms with Crippen LogP contribution in [0.4, 0.5) is 0 Å². The van der Waals surface area contributed by atoms with Crippen LogP contribution in [0.5, 0.6) is 0 Å². The summed E-state index contributed by atoms with van der Waals surface area (Å²) in [6.07, 6.45) is 1.96. The fourth-order valence-electron chi connectivity index (χ4n) is 1.73. The Morgan fingerprint density at radius 3 is 2.65 bits per heavy atom. The Morgan fingerprint density at radius 1 is 1.35 bits per heavy atom. The first-order valence-electron chi connectivity index (χ1n) is 5.15. The van der Waals surface area contributed by atoms with Crippen molar-refractivity contribution < 1.29 is 0 Å². The summed E-state index contributed by atoms with van der Waals surface area (Å²) in [7, 11) is 0. The highest BCUT2D eigenvalue weighted by atomic mass is 32.2. The lowest BCUT2D eigenvalue weighted by Crippen LogP contribution is -2.03. The Morgan fingerprint density at radius 2 is 2.12 bits per heavy atom. The molecule has 2 aromatic rings. The van der Waals surface area contributed by atoms with Crippen molar-refractivity contribution in [2.45, 2.75) is 18.7 Å². The normalized spacial score (nSPS) is 10.2. The quantitative estimate of drug-likeness (QED) is 0.761. The molecular weight excluding hydrogens is 232 g/mol. The second kappa shape index (κ2) is 4.60. The molecule has 86 valence electrons. The second-order valence-corrected chi connectivity index (χ2v) is 4.43. The summed E-state index contributed by atoms with van der Waals surface area (Å²) < 4.78 is 1.72. The molecule has 0 unspecified atom stereocenters. The predicted molar refractivity (Wildman–Crippen MR) is 67.3 cm³/mol. The lowest BCUT2D eigenvalue weighted by atomic mass is 10.2. The van der Waals surface area contributed by atoms with Crippen LogP contribution in [0.1, 0.15) is 17.2 Å². The summed E-state index contributed by atoms with van der Waals surface area (Å²) in [5.74, 6) is 1.50. The van der Waals surface area contributed by atoms with E-state index in [1.54, 1.807) is 16.4 Å². The summed E-state index contributed by atoms with van der Waals surface area (Å²) in [6, 6.07) is 7.99. The van der Waals surface area contributed by atoms with Gasteiger partial charge in [-0.3, -0.25) is 0 Å². The molecule has 0 spiro atoms. The standard InChI is InChI=1S/C12H12N4S/c1-8-14-9(2)16(15-8)11-5-4-6-12(17-3)10(11)7-13/h4-6H,1-3H3. The average Bonchev–Trinajstić information content (AvgIpc) is 2.67. The van der Waals surface area contributed by atoms with E-state index in [0.29, 0.717) is 11.4 Å². The zero-order valence-corrected chi connectivity index (χ0v) is 10.7. The van der Waals surface area contributed by atoms with Crippen LogP contribution in [0, 0.1) is 25.2 Å². The minimum Gasteiger partial charge on any atom is -0.217 e. The van der Waals surface area contributed by atoms with E-state index in [1.165, 1.54) is 0 Å². The van der Waals surface area contributed by atoms with Gasteiger partial charge in [0, 0.05) is 4.90 Å². The zero-order valence-electron chi connectivity index (χ0n) is 9.93. The smallest absolute Gasteiger partial charge is 0.148 e. The number of benzene rings is 1. The molecule has 0 aliphatic rings. The second-order valence-electron chi connectivity index (χ2n) is 3.58. The van der Waals surface area contributed by atoms with Gasteiger partial charge >= 0.3 is 0 Å². The number of aromatic nitrogens is 3. The lowest BCUT2D eigenvalue weighted by Gasteiger charge is -2.08. The number of rotatable bonds is 2. The zero-order chi connectivity index (χ0) is 12.4. The van der Waals surface area contributed by atoms with E-state index in [1.807, 2.05) is 38.3 Å². The van der Waals surface area contributed by atoms with Gasteiger partial charge in [0.1, 0.15) is 17.7 Å². The molecule has 4 nitrogen and oxygen atoms in total. The van der Waals surface area contributed by atoms with Crippen LogP contribution in [0.2, 0.25) is 0 Å². The highest BCUT2D eigenvalue weighted by Crippen LogP contribution is 2.25. The average molecular weight is 244 g/mol. The fourth-order valence-corrected chi connectivity index (χ4v) is 2.30. The van der Waals surface area contributed by atoms with Crippen molar-refractivity contribution in [1.29, 1.82) is 5.26 Å². The molecule has 0 saturated heterocycles. The molecule has 17 heavy (non-hydrogen) atoms. The number of nitrogens with zero attached hydrogens (tertiary/aromatic N) is 4. The Bertz CT molecular complexity index is 595. The minimum absolute atomic E-state index is 0.646. The molecule has 0 atom stereocenters. The van der Waals surface area contributed by atoms with Gasteiger partial charge in [0.25, 0.3) is 0 Å². The lowest BCUT2D eigenvalue weighted by molar-refractivity contribution is 0.825. The number of nitriles is 1. The van der Waals surface area contributed by atoms with Crippen LogP contribution in [-0.2, 0) is 0 Å². The van der Waals surface area contributed by atoms with Crippen molar-refractivity contribution in [1.82, 2.24) is 14.8 Å². The Labute approximate surface area is 104 Å². The van der Waals surface area contributed by atoms with E-state index in [2.05, 4.69) is 16.2 Å². The third-order valence-corrected chi connectivity index (χ3v) is 3.22. The van der Waals surface area contributed by atoms with Crippen LogP contribution < -0.4 is 0 Å². The summed E-state index contributed by atoms with van der Waals surface area (Å²) in [4.78, 5) is 5.21. The van der Waals surface area contributed by atoms with E-state index in [0.717, 1.165) is 16.4 Å². The molecule has 1 heterocycles. The van der Waals surface area contributed by atoms with Crippen molar-refractivity contribution in [3.8, 4) is 11.8 Å². The summed E-state index contributed by atoms with van der Waals surface area (Å²) in [5, 5.41) is 13.6. The van der Waals surface area contributed by atoms with Crippen molar-refractivity contribution >= 4 is 11.8 Å². The van der Waals surface area contributed by atoms with Gasteiger partial charge in [-0.25, -0.2) is 9.67 Å². The first kappa shape index (κ1) is 11.7. The van der Waals surface area contributed by atoms with E-state index in [-0.39, 0.29) is 0 Å². The van der Waals surface area contributed by atoms with Gasteiger partial charge in [0.2, 0.25) is 0 Å². The van der Waals surface area contributed by atoms with Gasteiger partial charge in [-0.05, 0) is 32.2 Å². The maximum atomic E-state index is 9.26. The molecule has 0 aliphatic heterocycles. The molecule has 5 heteroatoms. The van der Waals surface area contributed by atoms with Crippen molar-refractivity contribution in [2.24, 2.45) is 0 Å². The van der Waals surface area contributed by atoms with Crippen LogP contribution in [0.25, 0.3) is 5.69 Å². The Balaban J connectivity index is 2.68. The highest BCUT2D eigenvalue weighted by Gasteiger charge is 2.12. The maximum absolute atomic E-state index is 9.26. The van der Waals surface area contributed by atoms with Crippen molar-refractivity contribution in [3.63, 3.8) is 0 Å². The Hall–Kier alpha value is -1.80. The molecule has 1 aromatic carbocycles. The van der Waals surface area contributed by atoms with Crippen LogP contribution in [0.3, 0.4) is 0 Å². The number of aryl methyl sites for hydroxylation is 2. The molecule has 0 aliphatic carbocycles. The van der Waals surface area contributed by atoms with E-state index in [9.17, 15) is 5.26 Å². The van der Waals surface area contributed by atoms with Gasteiger partial charge in [-0.1, -0.05) is 6.07 Å². The molecular formula is C12H12N4S. The van der Waals surface area contributed by atoms with Crippen LogP contribution in [-0.4, -0.2) is 21.0 Å². The molecule has 0 bridgehead atoms. The number of hydrogen-bond donors (Lipinski definition) is 0. The number of thioether (sulfide) groups is 1. The summed E-state index contributed by atoms with van der Waals surface area (Å²) in [6.45, 7) is 3.72. The first-order chi connectivity index (χ1) is 8.17.